The van der Waals surface area contributed by atoms with Crippen LogP contribution in [0.25, 0.3) is 0 Å². The lowest BCUT2D eigenvalue weighted by molar-refractivity contribution is -0.166. The molecule has 0 saturated heterocycles. The van der Waals surface area contributed by atoms with Crippen LogP contribution >= 0.6 is 0 Å². The summed E-state index contributed by atoms with van der Waals surface area (Å²) in [6.07, 6.45) is 77.8. The van der Waals surface area contributed by atoms with Crippen molar-refractivity contribution >= 4 is 17.9 Å². The Labute approximate surface area is 446 Å². The summed E-state index contributed by atoms with van der Waals surface area (Å²) in [4.78, 5) is 38.2. The van der Waals surface area contributed by atoms with Crippen molar-refractivity contribution in [2.24, 2.45) is 0 Å². The van der Waals surface area contributed by atoms with Gasteiger partial charge in [-0.2, -0.15) is 0 Å². The van der Waals surface area contributed by atoms with E-state index in [1.54, 1.807) is 0 Å². The maximum absolute atomic E-state index is 12.8. The number of rotatable bonds is 56. The Morgan fingerprint density at radius 1 is 0.292 bits per heavy atom. The monoisotopic (exact) mass is 1000 g/mol. The second kappa shape index (κ2) is 60.4. The molecule has 0 aromatic rings. The zero-order chi connectivity index (χ0) is 52.2. The zero-order valence-electron chi connectivity index (χ0n) is 47.7. The minimum atomic E-state index is -0.813. The van der Waals surface area contributed by atoms with E-state index in [4.69, 9.17) is 14.2 Å². The Morgan fingerprint density at radius 2 is 0.542 bits per heavy atom. The highest BCUT2D eigenvalue weighted by Gasteiger charge is 2.19. The minimum Gasteiger partial charge on any atom is -0.462 e. The van der Waals surface area contributed by atoms with Crippen molar-refractivity contribution in [1.29, 1.82) is 0 Å². The van der Waals surface area contributed by atoms with E-state index < -0.39 is 6.10 Å². The van der Waals surface area contributed by atoms with Crippen molar-refractivity contribution in [3.05, 3.63) is 72.9 Å². The third-order valence-electron chi connectivity index (χ3n) is 13.5. The van der Waals surface area contributed by atoms with Gasteiger partial charge in [0.15, 0.2) is 6.10 Å². The van der Waals surface area contributed by atoms with Gasteiger partial charge in [-0.25, -0.2) is 0 Å². The van der Waals surface area contributed by atoms with E-state index in [-0.39, 0.29) is 37.5 Å². The molecular weight excluding hydrogens is 889 g/mol. The lowest BCUT2D eigenvalue weighted by Gasteiger charge is -2.18. The second-order valence-electron chi connectivity index (χ2n) is 20.6. The van der Waals surface area contributed by atoms with Crippen molar-refractivity contribution in [1.82, 2.24) is 0 Å². The van der Waals surface area contributed by atoms with Gasteiger partial charge in [0.2, 0.25) is 0 Å². The van der Waals surface area contributed by atoms with Crippen LogP contribution in [0, 0.1) is 0 Å². The third-order valence-corrected chi connectivity index (χ3v) is 13.5. The molecule has 0 aromatic carbocycles. The molecule has 0 saturated carbocycles. The first kappa shape index (κ1) is 68.8. The average Bonchev–Trinajstić information content (AvgIpc) is 3.38. The number of allylic oxidation sites excluding steroid dienone is 12. The maximum Gasteiger partial charge on any atom is 0.306 e. The van der Waals surface area contributed by atoms with Gasteiger partial charge in [-0.1, -0.05) is 306 Å². The number of carbonyl (C=O) groups is 3. The lowest BCUT2D eigenvalue weighted by atomic mass is 10.0. The molecule has 416 valence electrons. The summed E-state index contributed by atoms with van der Waals surface area (Å²) in [5.41, 5.74) is 0. The summed E-state index contributed by atoms with van der Waals surface area (Å²) in [7, 11) is 0. The summed E-state index contributed by atoms with van der Waals surface area (Å²) in [6, 6.07) is 0. The Kier molecular flexibility index (Phi) is 57.8. The van der Waals surface area contributed by atoms with Gasteiger partial charge < -0.3 is 14.2 Å². The number of hydrogen-bond acceptors (Lipinski definition) is 6. The summed E-state index contributed by atoms with van der Waals surface area (Å²) in [5, 5.41) is 0. The fourth-order valence-corrected chi connectivity index (χ4v) is 8.88. The van der Waals surface area contributed by atoms with E-state index in [1.807, 2.05) is 6.08 Å². The van der Waals surface area contributed by atoms with Gasteiger partial charge in [0.1, 0.15) is 13.2 Å². The van der Waals surface area contributed by atoms with E-state index in [0.717, 1.165) is 77.0 Å². The van der Waals surface area contributed by atoms with Crippen LogP contribution in [0.5, 0.6) is 0 Å². The highest BCUT2D eigenvalue weighted by Crippen LogP contribution is 2.17. The third kappa shape index (κ3) is 57.7. The average molecular weight is 1010 g/mol. The molecular formula is C66H116O6. The number of carbonyl (C=O) groups excluding carboxylic acids is 3. The van der Waals surface area contributed by atoms with Gasteiger partial charge in [0.05, 0.1) is 0 Å². The SMILES string of the molecule is CC/C=C\C/C=C\C/C=C\C/C=C\C/C=C\C/C=C\CCC(=O)OC(COC(=O)CCCCCCCCCCCCCC)COC(=O)CCCCCCCCCCCCCCCCCCCCCCCCC. The van der Waals surface area contributed by atoms with Crippen LogP contribution in [0.15, 0.2) is 72.9 Å². The lowest BCUT2D eigenvalue weighted by Crippen LogP contribution is -2.30. The Balaban J connectivity index is 4.36. The Morgan fingerprint density at radius 3 is 0.819 bits per heavy atom. The largest absolute Gasteiger partial charge is 0.462 e. The minimum absolute atomic E-state index is 0.101. The summed E-state index contributed by atoms with van der Waals surface area (Å²) in [6.45, 7) is 6.50. The van der Waals surface area contributed by atoms with Gasteiger partial charge in [0, 0.05) is 19.3 Å². The Bertz CT molecular complexity index is 1340. The standard InChI is InChI=1S/C66H116O6/c1-4-7-10-13-16-19-22-25-27-29-31-32-33-34-36-37-39-41-44-47-50-53-56-59-65(68)71-62-63(61-70-64(67)58-55-52-49-46-43-24-21-18-15-12-9-6-3)72-66(69)60-57-54-51-48-45-42-40-38-35-30-28-26-23-20-17-14-11-8-5-2/h8,11,17,20,26,28,35,38,42,45,51,54,63H,4-7,9-10,12-16,18-19,21-25,27,29-34,36-37,39-41,43-44,46-50,52-53,55-62H2,1-3H3/b11-8-,20-17-,28-26-,38-35-,45-42-,54-51-. The molecule has 0 aliphatic heterocycles. The quantitative estimate of drug-likeness (QED) is 0.0261. The predicted molar refractivity (Wildman–Crippen MR) is 311 cm³/mol. The molecule has 0 aliphatic carbocycles. The van der Waals surface area contributed by atoms with Gasteiger partial charge in [0.25, 0.3) is 0 Å². The smallest absolute Gasteiger partial charge is 0.306 e. The van der Waals surface area contributed by atoms with Crippen molar-refractivity contribution in [2.75, 3.05) is 13.2 Å². The molecule has 0 spiro atoms. The van der Waals surface area contributed by atoms with E-state index in [2.05, 4.69) is 87.6 Å². The first-order valence-corrected chi connectivity index (χ1v) is 30.9. The molecule has 0 fully saturated rings. The molecule has 6 nitrogen and oxygen atoms in total. The highest BCUT2D eigenvalue weighted by molar-refractivity contribution is 5.71. The molecule has 0 bridgehead atoms. The van der Waals surface area contributed by atoms with E-state index in [1.165, 1.54) is 186 Å². The van der Waals surface area contributed by atoms with Crippen LogP contribution in [0.3, 0.4) is 0 Å². The van der Waals surface area contributed by atoms with E-state index >= 15 is 0 Å². The molecule has 72 heavy (non-hydrogen) atoms. The number of ether oxygens (including phenoxy) is 3. The van der Waals surface area contributed by atoms with Crippen LogP contribution in [-0.2, 0) is 28.6 Å². The molecule has 1 unspecified atom stereocenters. The molecule has 0 heterocycles. The second-order valence-corrected chi connectivity index (χ2v) is 20.6. The van der Waals surface area contributed by atoms with Crippen molar-refractivity contribution in [2.45, 2.75) is 316 Å². The number of unbranched alkanes of at least 4 members (excludes halogenated alkanes) is 33. The molecule has 0 amide bonds. The topological polar surface area (TPSA) is 78.9 Å². The molecule has 0 N–H and O–H groups in total. The normalized spacial score (nSPS) is 12.5. The van der Waals surface area contributed by atoms with E-state index in [0.29, 0.717) is 19.3 Å². The fraction of sp³-hybridized carbons (Fsp3) is 0.773. The number of esters is 3. The predicted octanol–water partition coefficient (Wildman–Crippen LogP) is 20.9. The van der Waals surface area contributed by atoms with Crippen LogP contribution in [-0.4, -0.2) is 37.2 Å². The molecule has 1 atom stereocenters. The zero-order valence-corrected chi connectivity index (χ0v) is 47.7. The molecule has 0 aliphatic rings. The summed E-state index contributed by atoms with van der Waals surface area (Å²) < 4.78 is 16.8. The fourth-order valence-electron chi connectivity index (χ4n) is 8.88. The first-order valence-electron chi connectivity index (χ1n) is 30.9. The number of hydrogen-bond donors (Lipinski definition) is 0. The van der Waals surface area contributed by atoms with E-state index in [9.17, 15) is 14.4 Å². The molecule has 6 heteroatoms. The van der Waals surface area contributed by atoms with Gasteiger partial charge in [-0.3, -0.25) is 14.4 Å². The molecule has 0 radical (unpaired) electrons. The highest BCUT2D eigenvalue weighted by atomic mass is 16.6. The van der Waals surface area contributed by atoms with Gasteiger partial charge in [-0.15, -0.1) is 0 Å². The Hall–Kier alpha value is -3.15. The van der Waals surface area contributed by atoms with Gasteiger partial charge in [-0.05, 0) is 57.8 Å². The molecule has 0 rings (SSSR count). The van der Waals surface area contributed by atoms with Gasteiger partial charge >= 0.3 is 17.9 Å². The van der Waals surface area contributed by atoms with Crippen molar-refractivity contribution in [3.63, 3.8) is 0 Å². The van der Waals surface area contributed by atoms with Crippen molar-refractivity contribution in [3.8, 4) is 0 Å². The van der Waals surface area contributed by atoms with Crippen molar-refractivity contribution < 1.29 is 28.6 Å². The summed E-state index contributed by atoms with van der Waals surface area (Å²) in [5.74, 6) is -0.972. The van der Waals surface area contributed by atoms with Crippen LogP contribution in [0.1, 0.15) is 310 Å². The van der Waals surface area contributed by atoms with Crippen LogP contribution < -0.4 is 0 Å². The maximum atomic E-state index is 12.8. The first-order chi connectivity index (χ1) is 35.5. The molecule has 0 aromatic heterocycles. The summed E-state index contributed by atoms with van der Waals surface area (Å²) >= 11 is 0. The van der Waals surface area contributed by atoms with Crippen LogP contribution in [0.2, 0.25) is 0 Å². The van der Waals surface area contributed by atoms with Crippen LogP contribution in [0.4, 0.5) is 0 Å².